The lowest BCUT2D eigenvalue weighted by Crippen LogP contribution is -2.57. The number of carbonyl (C=O) groups excluding carboxylic acids is 2. The first-order valence-corrected chi connectivity index (χ1v) is 12.8. The molecule has 3 aromatic rings. The van der Waals surface area contributed by atoms with Gasteiger partial charge in [0.1, 0.15) is 11.6 Å². The van der Waals surface area contributed by atoms with Gasteiger partial charge in [-0.25, -0.2) is 18.7 Å². The predicted octanol–water partition coefficient (Wildman–Crippen LogP) is 2.44. The first-order valence-electron chi connectivity index (χ1n) is 12.8. The molecule has 38 heavy (non-hydrogen) atoms. The van der Waals surface area contributed by atoms with Crippen LogP contribution in [0.3, 0.4) is 0 Å². The van der Waals surface area contributed by atoms with E-state index < -0.39 is 35.0 Å². The summed E-state index contributed by atoms with van der Waals surface area (Å²) in [6.07, 6.45) is 7.81. The van der Waals surface area contributed by atoms with Crippen molar-refractivity contribution in [2.24, 2.45) is 11.8 Å². The van der Waals surface area contributed by atoms with Crippen LogP contribution in [0.2, 0.25) is 0 Å². The summed E-state index contributed by atoms with van der Waals surface area (Å²) >= 11 is 0. The highest BCUT2D eigenvalue weighted by Crippen LogP contribution is 2.44. The number of nitrogens with one attached hydrogen (secondary N) is 2. The fourth-order valence-corrected chi connectivity index (χ4v) is 5.01. The number of hydrogen-bond donors (Lipinski definition) is 2. The lowest BCUT2D eigenvalue weighted by Gasteiger charge is -2.38. The van der Waals surface area contributed by atoms with Gasteiger partial charge in [0.25, 0.3) is 17.6 Å². The monoisotopic (exact) mass is 523 g/mol. The van der Waals surface area contributed by atoms with E-state index in [1.54, 1.807) is 18.5 Å². The summed E-state index contributed by atoms with van der Waals surface area (Å²) in [5, 5.41) is 9.73. The zero-order valence-electron chi connectivity index (χ0n) is 20.6. The lowest BCUT2D eigenvalue weighted by atomic mass is 9.90. The number of halogens is 2. The normalized spacial score (nSPS) is 22.6. The van der Waals surface area contributed by atoms with Gasteiger partial charge < -0.3 is 20.1 Å². The van der Waals surface area contributed by atoms with E-state index >= 15 is 0 Å². The molecule has 3 fully saturated rings. The highest BCUT2D eigenvalue weighted by molar-refractivity contribution is 5.91. The first kappa shape index (κ1) is 24.5. The second-order valence-corrected chi connectivity index (χ2v) is 10.4. The molecule has 12 heteroatoms. The molecule has 0 bridgehead atoms. The molecule has 1 aromatic carbocycles. The molecule has 6 rings (SSSR count). The van der Waals surface area contributed by atoms with E-state index in [4.69, 9.17) is 4.52 Å². The molecule has 3 aliphatic rings. The molecule has 1 saturated heterocycles. The second-order valence-electron chi connectivity index (χ2n) is 10.4. The van der Waals surface area contributed by atoms with Crippen LogP contribution in [0, 0.1) is 23.5 Å². The number of nitrogens with zero attached hydrogens (tertiary/aromatic N) is 5. The van der Waals surface area contributed by atoms with Gasteiger partial charge in [-0.1, -0.05) is 5.16 Å². The molecule has 2 N–H and O–H groups in total. The van der Waals surface area contributed by atoms with Crippen LogP contribution < -0.4 is 10.6 Å². The van der Waals surface area contributed by atoms with Crippen LogP contribution in [-0.4, -0.2) is 62.5 Å². The quantitative estimate of drug-likeness (QED) is 0.461. The Kier molecular flexibility index (Phi) is 6.34. The molecular formula is C26H27F2N7O3. The third-order valence-electron chi connectivity index (χ3n) is 7.46. The van der Waals surface area contributed by atoms with Gasteiger partial charge in [-0.2, -0.15) is 4.98 Å². The van der Waals surface area contributed by atoms with E-state index in [-0.39, 0.29) is 23.2 Å². The Morgan fingerprint density at radius 1 is 1.13 bits per heavy atom. The summed E-state index contributed by atoms with van der Waals surface area (Å²) in [5.74, 6) is -2.19. The zero-order valence-corrected chi connectivity index (χ0v) is 20.6. The summed E-state index contributed by atoms with van der Waals surface area (Å²) in [5.41, 5.74) is -0.686. The molecule has 1 aliphatic heterocycles. The maximum atomic E-state index is 14.1. The summed E-state index contributed by atoms with van der Waals surface area (Å²) in [4.78, 5) is 41.6. The van der Waals surface area contributed by atoms with Crippen molar-refractivity contribution in [1.29, 1.82) is 0 Å². The maximum Gasteiger partial charge on any atom is 0.292 e. The van der Waals surface area contributed by atoms with Crippen molar-refractivity contribution in [3.63, 3.8) is 0 Å². The summed E-state index contributed by atoms with van der Waals surface area (Å²) in [6, 6.07) is 4.20. The maximum absolute atomic E-state index is 14.1. The number of rotatable bonds is 8. The lowest BCUT2D eigenvalue weighted by molar-refractivity contribution is -0.128. The van der Waals surface area contributed by atoms with E-state index in [2.05, 4.69) is 35.6 Å². The van der Waals surface area contributed by atoms with Gasteiger partial charge in [0.15, 0.2) is 5.82 Å². The Hall–Kier alpha value is -3.80. The molecule has 2 aromatic heterocycles. The summed E-state index contributed by atoms with van der Waals surface area (Å²) < 4.78 is 32.4. The van der Waals surface area contributed by atoms with Crippen molar-refractivity contribution in [3.05, 3.63) is 59.9 Å². The van der Waals surface area contributed by atoms with Gasteiger partial charge in [-0.05, 0) is 56.2 Å². The molecule has 198 valence electrons. The van der Waals surface area contributed by atoms with Gasteiger partial charge in [-0.15, -0.1) is 0 Å². The van der Waals surface area contributed by atoms with Crippen LogP contribution in [0.5, 0.6) is 0 Å². The SMILES string of the molecule is O=C(N[C@H]1CCN(CC2CC2)C[C@@H]1C(=O)NC1(c2ncccn2)CC1)c1noc(-c2ccc(F)cc2F)n1. The van der Waals surface area contributed by atoms with Crippen molar-refractivity contribution < 1.29 is 22.9 Å². The molecule has 2 aliphatic carbocycles. The fraction of sp³-hybridized carbons (Fsp3) is 0.462. The minimum atomic E-state index is -0.878. The minimum Gasteiger partial charge on any atom is -0.346 e. The number of carbonyl (C=O) groups is 2. The molecule has 10 nitrogen and oxygen atoms in total. The zero-order chi connectivity index (χ0) is 26.3. The van der Waals surface area contributed by atoms with E-state index in [0.717, 1.165) is 32.0 Å². The number of hydrogen-bond acceptors (Lipinski definition) is 8. The standard InChI is InChI=1S/C26H27F2N7O3/c27-16-4-5-17(19(28)12-16)24-32-21(34-38-24)23(37)31-20-6-11-35(13-15-2-3-15)14-18(20)22(36)33-26(7-8-26)25-29-9-1-10-30-25/h1,4-5,9-10,12,15,18,20H,2-3,6-8,11,13-14H2,(H,31,37)(H,33,36)/t18-,20-/m0/s1. The minimum absolute atomic E-state index is 0.110. The Morgan fingerprint density at radius 2 is 1.92 bits per heavy atom. The molecular weight excluding hydrogens is 496 g/mol. The third kappa shape index (κ3) is 5.13. The van der Waals surface area contributed by atoms with E-state index in [1.165, 1.54) is 18.9 Å². The van der Waals surface area contributed by atoms with Crippen molar-refractivity contribution in [2.75, 3.05) is 19.6 Å². The number of piperidine rings is 1. The topological polar surface area (TPSA) is 126 Å². The van der Waals surface area contributed by atoms with Crippen LogP contribution in [0.15, 0.2) is 41.2 Å². The third-order valence-corrected chi connectivity index (χ3v) is 7.46. The fourth-order valence-electron chi connectivity index (χ4n) is 5.01. The Bertz CT molecular complexity index is 1340. The van der Waals surface area contributed by atoms with E-state index in [1.807, 2.05) is 0 Å². The van der Waals surface area contributed by atoms with Crippen molar-refractivity contribution >= 4 is 11.8 Å². The molecule has 0 spiro atoms. The highest BCUT2D eigenvalue weighted by atomic mass is 19.1. The summed E-state index contributed by atoms with van der Waals surface area (Å²) in [7, 11) is 0. The Labute approximate surface area is 217 Å². The molecule has 0 radical (unpaired) electrons. The van der Waals surface area contributed by atoms with Crippen LogP contribution in [-0.2, 0) is 10.3 Å². The smallest absolute Gasteiger partial charge is 0.292 e. The number of benzene rings is 1. The molecule has 2 amide bonds. The van der Waals surface area contributed by atoms with Crippen molar-refractivity contribution in [1.82, 2.24) is 35.6 Å². The van der Waals surface area contributed by atoms with Crippen LogP contribution >= 0.6 is 0 Å². The van der Waals surface area contributed by atoms with Crippen LogP contribution in [0.4, 0.5) is 8.78 Å². The predicted molar refractivity (Wildman–Crippen MR) is 129 cm³/mol. The second kappa shape index (κ2) is 9.82. The van der Waals surface area contributed by atoms with Gasteiger partial charge in [-0.3, -0.25) is 9.59 Å². The van der Waals surface area contributed by atoms with Gasteiger partial charge in [0.05, 0.1) is 17.0 Å². The molecule has 2 atom stereocenters. The number of amides is 2. The average molecular weight is 524 g/mol. The van der Waals surface area contributed by atoms with Crippen LogP contribution in [0.1, 0.15) is 48.5 Å². The van der Waals surface area contributed by atoms with Crippen molar-refractivity contribution in [2.45, 2.75) is 43.7 Å². The first-order chi connectivity index (χ1) is 18.4. The Morgan fingerprint density at radius 3 is 2.63 bits per heavy atom. The average Bonchev–Trinajstić information content (AvgIpc) is 3.84. The molecule has 3 heterocycles. The van der Waals surface area contributed by atoms with Crippen molar-refractivity contribution in [3.8, 4) is 11.5 Å². The molecule has 0 unspecified atom stereocenters. The van der Waals surface area contributed by atoms with E-state index in [9.17, 15) is 18.4 Å². The van der Waals surface area contributed by atoms with Crippen LogP contribution in [0.25, 0.3) is 11.5 Å². The van der Waals surface area contributed by atoms with E-state index in [0.29, 0.717) is 30.8 Å². The number of likely N-dealkylation sites (tertiary alicyclic amines) is 1. The number of aromatic nitrogens is 4. The largest absolute Gasteiger partial charge is 0.346 e. The highest BCUT2D eigenvalue weighted by Gasteiger charge is 2.50. The molecule has 2 saturated carbocycles. The van der Waals surface area contributed by atoms with Gasteiger partial charge in [0, 0.05) is 44.1 Å². The Balaban J connectivity index is 1.17. The van der Waals surface area contributed by atoms with Gasteiger partial charge >= 0.3 is 0 Å². The van der Waals surface area contributed by atoms with Gasteiger partial charge in [0.2, 0.25) is 5.91 Å². The summed E-state index contributed by atoms with van der Waals surface area (Å²) in [6.45, 7) is 2.20.